The predicted molar refractivity (Wildman–Crippen MR) is 83.0 cm³/mol. The normalized spacial score (nSPS) is 13.0. The van der Waals surface area contributed by atoms with Crippen LogP contribution in [-0.4, -0.2) is 18.7 Å². The van der Waals surface area contributed by atoms with Crippen LogP contribution in [0.25, 0.3) is 0 Å². The van der Waals surface area contributed by atoms with Crippen molar-refractivity contribution >= 4 is 34.7 Å². The van der Waals surface area contributed by atoms with Gasteiger partial charge in [-0.15, -0.1) is 0 Å². The first kappa shape index (κ1) is 13.6. The van der Waals surface area contributed by atoms with Gasteiger partial charge in [-0.2, -0.15) is 0 Å². The van der Waals surface area contributed by atoms with Gasteiger partial charge >= 0.3 is 0 Å². The molecule has 106 valence electrons. The number of hydrogen-bond donors (Lipinski definition) is 1. The first-order valence-electron chi connectivity index (χ1n) is 6.50. The molecule has 3 rings (SSSR count). The molecule has 0 spiro atoms. The van der Waals surface area contributed by atoms with Crippen molar-refractivity contribution in [3.8, 4) is 0 Å². The largest absolute Gasteiger partial charge is 0.370 e. The molecule has 0 aromatic heterocycles. The van der Waals surface area contributed by atoms with E-state index in [0.29, 0.717) is 22.8 Å². The maximum Gasteiger partial charge on any atom is 0.296 e. The summed E-state index contributed by atoms with van der Waals surface area (Å²) in [7, 11) is 1.95. The standard InChI is InChI=1S/C16H13ClN2O2/c1-19(9-10-2-4-11(17)5-3-10)12-6-7-13-14(8-12)18-16(21)15(13)20/h2-8H,9H2,1H3,(H,18,20,21). The van der Waals surface area contributed by atoms with Crippen LogP contribution in [0, 0.1) is 0 Å². The van der Waals surface area contributed by atoms with E-state index in [2.05, 4.69) is 5.32 Å². The van der Waals surface area contributed by atoms with E-state index in [1.807, 2.05) is 48.3 Å². The lowest BCUT2D eigenvalue weighted by Gasteiger charge is -2.20. The van der Waals surface area contributed by atoms with Gasteiger partial charge in [-0.3, -0.25) is 9.59 Å². The Kier molecular flexibility index (Phi) is 3.39. The van der Waals surface area contributed by atoms with Crippen molar-refractivity contribution in [2.75, 3.05) is 17.3 Å². The third kappa shape index (κ3) is 2.62. The van der Waals surface area contributed by atoms with Gasteiger partial charge in [-0.25, -0.2) is 0 Å². The number of ketones is 1. The van der Waals surface area contributed by atoms with Crippen molar-refractivity contribution in [1.29, 1.82) is 0 Å². The van der Waals surface area contributed by atoms with Crippen LogP contribution in [-0.2, 0) is 11.3 Å². The topological polar surface area (TPSA) is 49.4 Å². The Morgan fingerprint density at radius 1 is 1.10 bits per heavy atom. The summed E-state index contributed by atoms with van der Waals surface area (Å²) in [6.45, 7) is 0.706. The quantitative estimate of drug-likeness (QED) is 0.886. The molecule has 1 amide bonds. The molecule has 1 N–H and O–H groups in total. The molecule has 0 bridgehead atoms. The van der Waals surface area contributed by atoms with Crippen molar-refractivity contribution in [2.24, 2.45) is 0 Å². The molecule has 2 aromatic rings. The summed E-state index contributed by atoms with van der Waals surface area (Å²) >= 11 is 5.87. The summed E-state index contributed by atoms with van der Waals surface area (Å²) in [5, 5.41) is 3.29. The third-order valence-corrected chi connectivity index (χ3v) is 3.73. The minimum Gasteiger partial charge on any atom is -0.370 e. The minimum atomic E-state index is -0.567. The molecule has 5 heteroatoms. The second-order valence-corrected chi connectivity index (χ2v) is 5.43. The number of halogens is 1. The maximum atomic E-state index is 11.6. The summed E-state index contributed by atoms with van der Waals surface area (Å²) < 4.78 is 0. The maximum absolute atomic E-state index is 11.6. The summed E-state index contributed by atoms with van der Waals surface area (Å²) in [6.07, 6.45) is 0. The molecule has 0 radical (unpaired) electrons. The molecule has 2 aromatic carbocycles. The lowest BCUT2D eigenvalue weighted by atomic mass is 10.1. The monoisotopic (exact) mass is 300 g/mol. The summed E-state index contributed by atoms with van der Waals surface area (Å²) in [4.78, 5) is 25.0. The van der Waals surface area contributed by atoms with Crippen molar-refractivity contribution in [2.45, 2.75) is 6.54 Å². The first-order chi connectivity index (χ1) is 10.0. The molecule has 1 aliphatic rings. The number of carbonyl (C=O) groups is 2. The lowest BCUT2D eigenvalue weighted by molar-refractivity contribution is -0.112. The fraction of sp³-hybridized carbons (Fsp3) is 0.125. The van der Waals surface area contributed by atoms with E-state index in [4.69, 9.17) is 11.6 Å². The molecular weight excluding hydrogens is 288 g/mol. The van der Waals surface area contributed by atoms with Crippen LogP contribution in [0.2, 0.25) is 5.02 Å². The van der Waals surface area contributed by atoms with Gasteiger partial charge in [0.15, 0.2) is 0 Å². The van der Waals surface area contributed by atoms with Crippen molar-refractivity contribution in [3.63, 3.8) is 0 Å². The Hall–Kier alpha value is -2.33. The highest BCUT2D eigenvalue weighted by molar-refractivity contribution is 6.51. The van der Waals surface area contributed by atoms with Gasteiger partial charge in [-0.1, -0.05) is 23.7 Å². The van der Waals surface area contributed by atoms with Crippen LogP contribution >= 0.6 is 11.6 Å². The molecule has 1 aliphatic heterocycles. The number of hydrogen-bond acceptors (Lipinski definition) is 3. The van der Waals surface area contributed by atoms with Gasteiger partial charge in [0.1, 0.15) is 0 Å². The Morgan fingerprint density at radius 3 is 2.52 bits per heavy atom. The fourth-order valence-corrected chi connectivity index (χ4v) is 2.45. The second kappa shape index (κ2) is 5.22. The number of nitrogens with zero attached hydrogens (tertiary/aromatic N) is 1. The van der Waals surface area contributed by atoms with Crippen LogP contribution in [0.15, 0.2) is 42.5 Å². The van der Waals surface area contributed by atoms with Gasteiger partial charge in [0.05, 0.1) is 11.3 Å². The van der Waals surface area contributed by atoms with Crippen LogP contribution in [0.5, 0.6) is 0 Å². The zero-order valence-electron chi connectivity index (χ0n) is 11.4. The molecule has 1 heterocycles. The molecule has 21 heavy (non-hydrogen) atoms. The average molecular weight is 301 g/mol. The second-order valence-electron chi connectivity index (χ2n) is 5.00. The zero-order valence-corrected chi connectivity index (χ0v) is 12.1. The zero-order chi connectivity index (χ0) is 15.0. The molecule has 0 saturated carbocycles. The van der Waals surface area contributed by atoms with Crippen molar-refractivity contribution in [3.05, 3.63) is 58.6 Å². The number of anilines is 2. The molecule has 0 fully saturated rings. The summed E-state index contributed by atoms with van der Waals surface area (Å²) in [5.74, 6) is -1.04. The highest BCUT2D eigenvalue weighted by Gasteiger charge is 2.28. The Morgan fingerprint density at radius 2 is 1.81 bits per heavy atom. The Bertz CT molecular complexity index is 726. The first-order valence-corrected chi connectivity index (χ1v) is 6.88. The number of amides is 1. The van der Waals surface area contributed by atoms with E-state index in [1.165, 1.54) is 0 Å². The Balaban J connectivity index is 1.81. The average Bonchev–Trinajstić information content (AvgIpc) is 2.76. The van der Waals surface area contributed by atoms with E-state index in [1.54, 1.807) is 6.07 Å². The summed E-state index contributed by atoms with van der Waals surface area (Å²) in [6, 6.07) is 13.0. The van der Waals surface area contributed by atoms with Gasteiger partial charge in [0, 0.05) is 24.3 Å². The molecule has 0 atom stereocenters. The number of fused-ring (bicyclic) bond motifs is 1. The van der Waals surface area contributed by atoms with Gasteiger partial charge in [0.25, 0.3) is 11.7 Å². The molecule has 0 unspecified atom stereocenters. The van der Waals surface area contributed by atoms with Gasteiger partial charge < -0.3 is 10.2 Å². The molecule has 0 aliphatic carbocycles. The van der Waals surface area contributed by atoms with Crippen LogP contribution in [0.1, 0.15) is 15.9 Å². The molecular formula is C16H13ClN2O2. The smallest absolute Gasteiger partial charge is 0.296 e. The number of nitrogens with one attached hydrogen (secondary N) is 1. The SMILES string of the molecule is CN(Cc1ccc(Cl)cc1)c1ccc2c(c1)NC(=O)C2=O. The van der Waals surface area contributed by atoms with Crippen LogP contribution in [0.3, 0.4) is 0 Å². The van der Waals surface area contributed by atoms with Crippen molar-refractivity contribution in [1.82, 2.24) is 0 Å². The molecule has 4 nitrogen and oxygen atoms in total. The number of carbonyl (C=O) groups excluding carboxylic acids is 2. The summed E-state index contributed by atoms with van der Waals surface area (Å²) in [5.41, 5.74) is 3.07. The van der Waals surface area contributed by atoms with E-state index < -0.39 is 11.7 Å². The van der Waals surface area contributed by atoms with Gasteiger partial charge in [-0.05, 0) is 35.9 Å². The minimum absolute atomic E-state index is 0.434. The fourth-order valence-electron chi connectivity index (χ4n) is 2.33. The van der Waals surface area contributed by atoms with E-state index in [0.717, 1.165) is 11.3 Å². The third-order valence-electron chi connectivity index (χ3n) is 3.48. The number of Topliss-reactive ketones (excluding diaryl/α,β-unsaturated/α-hetero) is 1. The van der Waals surface area contributed by atoms with E-state index in [9.17, 15) is 9.59 Å². The van der Waals surface area contributed by atoms with Crippen LogP contribution < -0.4 is 10.2 Å². The number of benzene rings is 2. The number of rotatable bonds is 3. The lowest BCUT2D eigenvalue weighted by Crippen LogP contribution is -2.16. The van der Waals surface area contributed by atoms with Gasteiger partial charge in [0.2, 0.25) is 0 Å². The van der Waals surface area contributed by atoms with Crippen molar-refractivity contribution < 1.29 is 9.59 Å². The highest BCUT2D eigenvalue weighted by atomic mass is 35.5. The van der Waals surface area contributed by atoms with E-state index >= 15 is 0 Å². The van der Waals surface area contributed by atoms with E-state index in [-0.39, 0.29) is 0 Å². The molecule has 0 saturated heterocycles. The highest BCUT2D eigenvalue weighted by Crippen LogP contribution is 2.28. The predicted octanol–water partition coefficient (Wildman–Crippen LogP) is 3.11. The van der Waals surface area contributed by atoms with Crippen LogP contribution in [0.4, 0.5) is 11.4 Å². The Labute approximate surface area is 127 Å².